The summed E-state index contributed by atoms with van der Waals surface area (Å²) in [4.78, 5) is 23.0. The van der Waals surface area contributed by atoms with Gasteiger partial charge in [0.2, 0.25) is 5.91 Å². The summed E-state index contributed by atoms with van der Waals surface area (Å²) in [6.45, 7) is 0. The number of carbonyl (C=O) groups excluding carboxylic acids is 2. The molecule has 144 valence electrons. The van der Waals surface area contributed by atoms with Crippen molar-refractivity contribution < 1.29 is 9.59 Å². The summed E-state index contributed by atoms with van der Waals surface area (Å²) >= 11 is 7.39. The summed E-state index contributed by atoms with van der Waals surface area (Å²) in [5, 5.41) is 14.5. The number of imide groups is 1. The molecule has 0 aliphatic carbocycles. The van der Waals surface area contributed by atoms with Crippen molar-refractivity contribution in [3.05, 3.63) is 59.6 Å². The standard InChI is InChI=1S/C19H18ClN5O2S/c1-21-18(27)22-16(26)11-12-28-19-24-23-17(13-7-9-14(20)10-8-13)25(19)15-5-3-2-4-6-15/h2-10H,11-12H2,1H3,(H2,21,22,26,27). The van der Waals surface area contributed by atoms with Crippen molar-refractivity contribution in [3.8, 4) is 17.1 Å². The van der Waals surface area contributed by atoms with Crippen LogP contribution in [0.1, 0.15) is 6.42 Å². The highest BCUT2D eigenvalue weighted by molar-refractivity contribution is 7.99. The molecule has 0 saturated carbocycles. The fourth-order valence-electron chi connectivity index (χ4n) is 2.45. The number of nitrogens with one attached hydrogen (secondary N) is 2. The second-order valence-electron chi connectivity index (χ2n) is 5.71. The number of aromatic nitrogens is 3. The summed E-state index contributed by atoms with van der Waals surface area (Å²) in [6.07, 6.45) is 0.177. The largest absolute Gasteiger partial charge is 0.341 e. The van der Waals surface area contributed by atoms with Crippen LogP contribution in [-0.4, -0.2) is 39.5 Å². The number of amides is 3. The lowest BCUT2D eigenvalue weighted by Crippen LogP contribution is -2.37. The molecule has 1 aromatic heterocycles. The van der Waals surface area contributed by atoms with E-state index in [1.165, 1.54) is 18.8 Å². The molecule has 3 rings (SSSR count). The molecule has 0 aliphatic rings. The monoisotopic (exact) mass is 415 g/mol. The summed E-state index contributed by atoms with van der Waals surface area (Å²) in [7, 11) is 1.46. The summed E-state index contributed by atoms with van der Waals surface area (Å²) < 4.78 is 1.94. The maximum atomic E-state index is 11.8. The number of nitrogens with zero attached hydrogens (tertiary/aromatic N) is 3. The zero-order chi connectivity index (χ0) is 19.9. The molecule has 0 bridgehead atoms. The number of para-hydroxylation sites is 1. The van der Waals surface area contributed by atoms with Crippen LogP contribution in [0.5, 0.6) is 0 Å². The van der Waals surface area contributed by atoms with E-state index in [9.17, 15) is 9.59 Å². The smallest absolute Gasteiger partial charge is 0.321 e. The van der Waals surface area contributed by atoms with E-state index >= 15 is 0 Å². The SMILES string of the molecule is CNC(=O)NC(=O)CCSc1nnc(-c2ccc(Cl)cc2)n1-c1ccccc1. The van der Waals surface area contributed by atoms with Crippen LogP contribution in [-0.2, 0) is 4.79 Å². The van der Waals surface area contributed by atoms with Gasteiger partial charge in [0.25, 0.3) is 0 Å². The van der Waals surface area contributed by atoms with Gasteiger partial charge >= 0.3 is 6.03 Å². The van der Waals surface area contributed by atoms with Gasteiger partial charge in [-0.15, -0.1) is 10.2 Å². The highest BCUT2D eigenvalue weighted by Crippen LogP contribution is 2.28. The van der Waals surface area contributed by atoms with Gasteiger partial charge in [-0.05, 0) is 36.4 Å². The third-order valence-electron chi connectivity index (χ3n) is 3.79. The second kappa shape index (κ2) is 9.38. The van der Waals surface area contributed by atoms with Gasteiger partial charge in [-0.2, -0.15) is 0 Å². The van der Waals surface area contributed by atoms with Crippen molar-refractivity contribution in [3.63, 3.8) is 0 Å². The van der Waals surface area contributed by atoms with E-state index in [1.54, 1.807) is 12.1 Å². The second-order valence-corrected chi connectivity index (χ2v) is 7.21. The number of carbonyl (C=O) groups is 2. The number of hydrogen-bond acceptors (Lipinski definition) is 5. The van der Waals surface area contributed by atoms with Crippen LogP contribution in [0.15, 0.2) is 59.8 Å². The zero-order valence-corrected chi connectivity index (χ0v) is 16.6. The van der Waals surface area contributed by atoms with E-state index in [2.05, 4.69) is 20.8 Å². The van der Waals surface area contributed by atoms with Gasteiger partial charge in [0.05, 0.1) is 0 Å². The van der Waals surface area contributed by atoms with Gasteiger partial charge in [0.15, 0.2) is 11.0 Å². The van der Waals surface area contributed by atoms with Crippen molar-refractivity contribution in [2.45, 2.75) is 11.6 Å². The minimum Gasteiger partial charge on any atom is -0.341 e. The molecule has 2 N–H and O–H groups in total. The summed E-state index contributed by atoms with van der Waals surface area (Å²) in [6, 6.07) is 16.6. The topological polar surface area (TPSA) is 88.9 Å². The molecule has 7 nitrogen and oxygen atoms in total. The van der Waals surface area contributed by atoms with Gasteiger partial charge in [-0.3, -0.25) is 14.7 Å². The number of thioether (sulfide) groups is 1. The van der Waals surface area contributed by atoms with Crippen LogP contribution in [0.4, 0.5) is 4.79 Å². The fourth-order valence-corrected chi connectivity index (χ4v) is 3.46. The van der Waals surface area contributed by atoms with Crippen molar-refractivity contribution >= 4 is 35.3 Å². The molecule has 9 heteroatoms. The Hall–Kier alpha value is -2.84. The maximum absolute atomic E-state index is 11.8. The molecule has 3 aromatic rings. The Morgan fingerprint density at radius 1 is 1.07 bits per heavy atom. The lowest BCUT2D eigenvalue weighted by molar-refractivity contribution is -0.119. The molecule has 0 atom stereocenters. The van der Waals surface area contributed by atoms with Crippen molar-refractivity contribution in [2.75, 3.05) is 12.8 Å². The molecule has 0 unspecified atom stereocenters. The molecule has 2 aromatic carbocycles. The summed E-state index contributed by atoms with van der Waals surface area (Å²) in [5.41, 5.74) is 1.79. The molecule has 1 heterocycles. The first-order chi connectivity index (χ1) is 13.6. The van der Waals surface area contributed by atoms with E-state index in [1.807, 2.05) is 47.0 Å². The Morgan fingerprint density at radius 3 is 2.46 bits per heavy atom. The first-order valence-electron chi connectivity index (χ1n) is 8.49. The molecule has 0 saturated heterocycles. The molecule has 0 fully saturated rings. The highest BCUT2D eigenvalue weighted by Gasteiger charge is 2.16. The Morgan fingerprint density at radius 2 is 1.79 bits per heavy atom. The van der Waals surface area contributed by atoms with Crippen LogP contribution in [0, 0.1) is 0 Å². The molecule has 28 heavy (non-hydrogen) atoms. The van der Waals surface area contributed by atoms with Crippen LogP contribution in [0.3, 0.4) is 0 Å². The predicted molar refractivity (Wildman–Crippen MR) is 110 cm³/mol. The number of halogens is 1. The van der Waals surface area contributed by atoms with Crippen molar-refractivity contribution in [2.24, 2.45) is 0 Å². The third-order valence-corrected chi connectivity index (χ3v) is 4.97. The molecule has 0 radical (unpaired) electrons. The van der Waals surface area contributed by atoms with E-state index < -0.39 is 6.03 Å². The first kappa shape index (κ1) is 19.9. The Balaban J connectivity index is 1.82. The minimum atomic E-state index is -0.521. The predicted octanol–water partition coefficient (Wildman–Crippen LogP) is 3.53. The molecule has 0 spiro atoms. The fraction of sp³-hybridized carbons (Fsp3) is 0.158. The average molecular weight is 416 g/mol. The van der Waals surface area contributed by atoms with Gasteiger partial charge in [-0.25, -0.2) is 4.79 Å². The zero-order valence-electron chi connectivity index (χ0n) is 15.1. The third kappa shape index (κ3) is 4.90. The van der Waals surface area contributed by atoms with Gasteiger partial charge in [-0.1, -0.05) is 41.6 Å². The Bertz CT molecular complexity index is 960. The van der Waals surface area contributed by atoms with E-state index in [0.29, 0.717) is 21.8 Å². The van der Waals surface area contributed by atoms with Gasteiger partial charge in [0, 0.05) is 35.5 Å². The van der Waals surface area contributed by atoms with Crippen LogP contribution >= 0.6 is 23.4 Å². The van der Waals surface area contributed by atoms with E-state index in [4.69, 9.17) is 11.6 Å². The minimum absolute atomic E-state index is 0.177. The van der Waals surface area contributed by atoms with Crippen molar-refractivity contribution in [1.29, 1.82) is 0 Å². The normalized spacial score (nSPS) is 10.5. The number of hydrogen-bond donors (Lipinski definition) is 2. The average Bonchev–Trinajstić information content (AvgIpc) is 3.13. The molecule has 0 aliphatic heterocycles. The van der Waals surface area contributed by atoms with Gasteiger partial charge < -0.3 is 5.32 Å². The molecular weight excluding hydrogens is 398 g/mol. The van der Waals surface area contributed by atoms with Crippen LogP contribution in [0.25, 0.3) is 17.1 Å². The van der Waals surface area contributed by atoms with Crippen LogP contribution < -0.4 is 10.6 Å². The van der Waals surface area contributed by atoms with Crippen molar-refractivity contribution in [1.82, 2.24) is 25.4 Å². The van der Waals surface area contributed by atoms with Crippen LogP contribution in [0.2, 0.25) is 5.02 Å². The maximum Gasteiger partial charge on any atom is 0.321 e. The Kier molecular flexibility index (Phi) is 6.67. The number of rotatable bonds is 6. The quantitative estimate of drug-likeness (QED) is 0.601. The van der Waals surface area contributed by atoms with E-state index in [-0.39, 0.29) is 12.3 Å². The molecule has 3 amide bonds. The lowest BCUT2D eigenvalue weighted by Gasteiger charge is -2.10. The highest BCUT2D eigenvalue weighted by atomic mass is 35.5. The lowest BCUT2D eigenvalue weighted by atomic mass is 10.2. The number of urea groups is 1. The first-order valence-corrected chi connectivity index (χ1v) is 9.86. The summed E-state index contributed by atoms with van der Waals surface area (Å²) in [5.74, 6) is 0.782. The van der Waals surface area contributed by atoms with E-state index in [0.717, 1.165) is 11.3 Å². The molecular formula is C19H18ClN5O2S. The van der Waals surface area contributed by atoms with Gasteiger partial charge in [0.1, 0.15) is 0 Å². The number of benzene rings is 2. The Labute approximate surface area is 171 Å².